The van der Waals surface area contributed by atoms with Crippen molar-refractivity contribution in [2.75, 3.05) is 13.7 Å². The van der Waals surface area contributed by atoms with E-state index in [0.29, 0.717) is 11.3 Å². The first-order valence-electron chi connectivity index (χ1n) is 10.2. The zero-order chi connectivity index (χ0) is 20.1. The summed E-state index contributed by atoms with van der Waals surface area (Å²) in [5.74, 6) is 0.226. The van der Waals surface area contributed by atoms with Crippen LogP contribution in [0.3, 0.4) is 0 Å². The van der Waals surface area contributed by atoms with E-state index in [-0.39, 0.29) is 30.5 Å². The molecule has 0 spiro atoms. The summed E-state index contributed by atoms with van der Waals surface area (Å²) in [6.45, 7) is 3.70. The van der Waals surface area contributed by atoms with Crippen LogP contribution in [0.4, 0.5) is 0 Å². The van der Waals surface area contributed by atoms with Gasteiger partial charge in [-0.05, 0) is 49.6 Å². The molecule has 0 bridgehead atoms. The molecule has 1 aliphatic rings. The number of hydrogen-bond donors (Lipinski definition) is 1. The molecular weight excluding hydrogens is 352 g/mol. The summed E-state index contributed by atoms with van der Waals surface area (Å²) >= 11 is 0. The molecule has 150 valence electrons. The number of carbonyl (C=O) groups excluding carboxylic acids is 2. The minimum Gasteiger partial charge on any atom is -0.483 e. The van der Waals surface area contributed by atoms with Crippen molar-refractivity contribution >= 4 is 22.6 Å². The van der Waals surface area contributed by atoms with Crippen LogP contribution in [0.15, 0.2) is 36.4 Å². The second kappa shape index (κ2) is 9.09. The van der Waals surface area contributed by atoms with Crippen molar-refractivity contribution < 1.29 is 14.3 Å². The van der Waals surface area contributed by atoms with Crippen molar-refractivity contribution in [3.63, 3.8) is 0 Å². The van der Waals surface area contributed by atoms with E-state index in [4.69, 9.17) is 4.74 Å². The van der Waals surface area contributed by atoms with Gasteiger partial charge in [0.25, 0.3) is 11.8 Å². The summed E-state index contributed by atoms with van der Waals surface area (Å²) in [6.07, 6.45) is 5.66. The van der Waals surface area contributed by atoms with Crippen LogP contribution in [0.2, 0.25) is 0 Å². The van der Waals surface area contributed by atoms with Crippen LogP contribution in [0.5, 0.6) is 5.75 Å². The topological polar surface area (TPSA) is 58.6 Å². The lowest BCUT2D eigenvalue weighted by Crippen LogP contribution is -2.38. The van der Waals surface area contributed by atoms with Gasteiger partial charge in [0.05, 0.1) is 5.56 Å². The molecule has 2 aromatic carbocycles. The van der Waals surface area contributed by atoms with E-state index in [1.54, 1.807) is 0 Å². The Kier molecular flexibility index (Phi) is 6.55. The highest BCUT2D eigenvalue weighted by molar-refractivity contribution is 6.01. The van der Waals surface area contributed by atoms with Crippen molar-refractivity contribution in [3.8, 4) is 5.75 Å². The Bertz CT molecular complexity index is 841. The third-order valence-corrected chi connectivity index (χ3v) is 5.33. The van der Waals surface area contributed by atoms with Crippen LogP contribution in [0.25, 0.3) is 10.8 Å². The molecule has 5 nitrogen and oxygen atoms in total. The first kappa shape index (κ1) is 20.2. The number of benzene rings is 2. The lowest BCUT2D eigenvalue weighted by Gasteiger charge is -2.31. The number of nitrogens with one attached hydrogen (secondary N) is 1. The molecule has 0 atom stereocenters. The summed E-state index contributed by atoms with van der Waals surface area (Å²) in [6, 6.07) is 11.9. The average molecular weight is 383 g/mol. The number of hydrogen-bond acceptors (Lipinski definition) is 3. The monoisotopic (exact) mass is 382 g/mol. The molecule has 1 fully saturated rings. The molecule has 5 heteroatoms. The largest absolute Gasteiger partial charge is 0.483 e. The number of amides is 2. The summed E-state index contributed by atoms with van der Waals surface area (Å²) < 4.78 is 5.81. The Hall–Kier alpha value is -2.56. The van der Waals surface area contributed by atoms with Crippen LogP contribution in [-0.4, -0.2) is 42.5 Å². The van der Waals surface area contributed by atoms with Crippen LogP contribution >= 0.6 is 0 Å². The Morgan fingerprint density at radius 3 is 2.39 bits per heavy atom. The first-order valence-corrected chi connectivity index (χ1v) is 10.2. The Balaban J connectivity index is 1.87. The zero-order valence-electron chi connectivity index (χ0n) is 17.0. The molecular formula is C23H30N2O3. The van der Waals surface area contributed by atoms with Crippen molar-refractivity contribution in [1.29, 1.82) is 0 Å². The maximum absolute atomic E-state index is 13.3. The van der Waals surface area contributed by atoms with Gasteiger partial charge < -0.3 is 15.0 Å². The summed E-state index contributed by atoms with van der Waals surface area (Å²) in [5.41, 5.74) is 0.518. The van der Waals surface area contributed by atoms with Crippen LogP contribution in [0, 0.1) is 0 Å². The van der Waals surface area contributed by atoms with Crippen molar-refractivity contribution in [3.05, 3.63) is 42.0 Å². The van der Waals surface area contributed by atoms with Gasteiger partial charge in [0.1, 0.15) is 5.75 Å². The minimum absolute atomic E-state index is 0.0445. The molecule has 0 unspecified atom stereocenters. The number of carbonyl (C=O) groups is 2. The van der Waals surface area contributed by atoms with Gasteiger partial charge in [-0.25, -0.2) is 0 Å². The molecule has 1 saturated carbocycles. The molecule has 0 radical (unpaired) electrons. The van der Waals surface area contributed by atoms with Crippen molar-refractivity contribution in [2.45, 2.75) is 58.0 Å². The van der Waals surface area contributed by atoms with Crippen molar-refractivity contribution in [2.24, 2.45) is 0 Å². The van der Waals surface area contributed by atoms with E-state index in [9.17, 15) is 9.59 Å². The highest BCUT2D eigenvalue weighted by Crippen LogP contribution is 2.29. The molecule has 2 aromatic rings. The maximum atomic E-state index is 13.3. The van der Waals surface area contributed by atoms with E-state index in [1.165, 1.54) is 19.3 Å². The lowest BCUT2D eigenvalue weighted by molar-refractivity contribution is -0.123. The van der Waals surface area contributed by atoms with E-state index in [2.05, 4.69) is 5.32 Å². The van der Waals surface area contributed by atoms with E-state index >= 15 is 0 Å². The molecule has 0 aromatic heterocycles. The fraction of sp³-hybridized carbons (Fsp3) is 0.478. The van der Waals surface area contributed by atoms with Gasteiger partial charge in [-0.3, -0.25) is 9.59 Å². The van der Waals surface area contributed by atoms with E-state index < -0.39 is 0 Å². The van der Waals surface area contributed by atoms with E-state index in [1.807, 2.05) is 62.2 Å². The molecule has 1 aliphatic carbocycles. The van der Waals surface area contributed by atoms with Crippen LogP contribution in [-0.2, 0) is 4.79 Å². The lowest BCUT2D eigenvalue weighted by atomic mass is 9.94. The Labute approximate surface area is 167 Å². The summed E-state index contributed by atoms with van der Waals surface area (Å²) in [4.78, 5) is 27.1. The normalized spacial score (nSPS) is 14.9. The number of fused-ring (bicyclic) bond motifs is 1. The quantitative estimate of drug-likeness (QED) is 0.817. The molecule has 2 amide bonds. The Morgan fingerprint density at radius 1 is 1.11 bits per heavy atom. The third-order valence-electron chi connectivity index (χ3n) is 5.33. The van der Waals surface area contributed by atoms with Gasteiger partial charge in [-0.2, -0.15) is 0 Å². The first-order chi connectivity index (χ1) is 13.5. The smallest absolute Gasteiger partial charge is 0.258 e. The second-order valence-corrected chi connectivity index (χ2v) is 7.91. The molecule has 0 saturated heterocycles. The van der Waals surface area contributed by atoms with Crippen LogP contribution < -0.4 is 10.1 Å². The van der Waals surface area contributed by atoms with Gasteiger partial charge in [0.15, 0.2) is 6.61 Å². The van der Waals surface area contributed by atoms with Crippen LogP contribution in [0.1, 0.15) is 56.3 Å². The third kappa shape index (κ3) is 4.83. The van der Waals surface area contributed by atoms with Gasteiger partial charge in [0.2, 0.25) is 0 Å². The molecule has 0 heterocycles. The molecule has 0 aliphatic heterocycles. The highest BCUT2D eigenvalue weighted by atomic mass is 16.5. The Morgan fingerprint density at radius 2 is 1.75 bits per heavy atom. The SMILES string of the molecule is CC(C)NC(=O)COc1cc2ccccc2cc1C(=O)N(C)C1CCCCC1. The van der Waals surface area contributed by atoms with Gasteiger partial charge in [-0.15, -0.1) is 0 Å². The number of nitrogens with zero attached hydrogens (tertiary/aromatic N) is 1. The maximum Gasteiger partial charge on any atom is 0.258 e. The van der Waals surface area contributed by atoms with Gasteiger partial charge in [0, 0.05) is 19.1 Å². The molecule has 28 heavy (non-hydrogen) atoms. The number of ether oxygens (including phenoxy) is 1. The fourth-order valence-electron chi connectivity index (χ4n) is 3.84. The predicted molar refractivity (Wildman–Crippen MR) is 112 cm³/mol. The molecule has 1 N–H and O–H groups in total. The van der Waals surface area contributed by atoms with E-state index in [0.717, 1.165) is 23.6 Å². The van der Waals surface area contributed by atoms with Gasteiger partial charge >= 0.3 is 0 Å². The fourth-order valence-corrected chi connectivity index (χ4v) is 3.84. The summed E-state index contributed by atoms with van der Waals surface area (Å²) in [7, 11) is 1.88. The van der Waals surface area contributed by atoms with Crippen molar-refractivity contribution in [1.82, 2.24) is 10.2 Å². The average Bonchev–Trinajstić information content (AvgIpc) is 2.70. The highest BCUT2D eigenvalue weighted by Gasteiger charge is 2.25. The second-order valence-electron chi connectivity index (χ2n) is 7.91. The minimum atomic E-state index is -0.192. The standard InChI is InChI=1S/C23H30N2O3/c1-16(2)24-22(26)15-28-21-14-18-10-8-7-9-17(18)13-20(21)23(27)25(3)19-11-5-4-6-12-19/h7-10,13-14,16,19H,4-6,11-12,15H2,1-3H3,(H,24,26). The summed E-state index contributed by atoms with van der Waals surface area (Å²) in [5, 5.41) is 4.79. The zero-order valence-corrected chi connectivity index (χ0v) is 17.0. The van der Waals surface area contributed by atoms with Gasteiger partial charge in [-0.1, -0.05) is 43.5 Å². The number of rotatable bonds is 6. The molecule has 3 rings (SSSR count). The predicted octanol–water partition coefficient (Wildman–Crippen LogP) is 4.15.